The first kappa shape index (κ1) is 13.4. The number of carboxylic acid groups (broad SMARTS) is 1. The topological polar surface area (TPSA) is 87.1 Å². The molecule has 1 rings (SSSR count). The lowest BCUT2D eigenvalue weighted by molar-refractivity contribution is -0.139. The summed E-state index contributed by atoms with van der Waals surface area (Å²) < 4.78 is 0. The van der Waals surface area contributed by atoms with Crippen molar-refractivity contribution >= 4 is 11.9 Å². The van der Waals surface area contributed by atoms with Gasteiger partial charge in [-0.05, 0) is 13.3 Å². The standard InChI is InChI=1S/C11H18N4O2/c1-3-4-12-11-14-6-9(7-15-11)5-13-8(2)10(16)17/h6-8,13H,3-5H2,1-2H3,(H,16,17)(H,12,14,15)/t8-/m1/s1. The van der Waals surface area contributed by atoms with Crippen LogP contribution >= 0.6 is 0 Å². The zero-order chi connectivity index (χ0) is 12.7. The van der Waals surface area contributed by atoms with Gasteiger partial charge >= 0.3 is 5.97 Å². The summed E-state index contributed by atoms with van der Waals surface area (Å²) in [4.78, 5) is 18.8. The lowest BCUT2D eigenvalue weighted by atomic mass is 10.3. The van der Waals surface area contributed by atoms with Gasteiger partial charge in [-0.2, -0.15) is 0 Å². The highest BCUT2D eigenvalue weighted by Gasteiger charge is 2.09. The second-order valence-corrected chi connectivity index (χ2v) is 3.78. The van der Waals surface area contributed by atoms with Gasteiger partial charge in [-0.15, -0.1) is 0 Å². The first-order valence-electron chi connectivity index (χ1n) is 5.64. The van der Waals surface area contributed by atoms with E-state index in [1.807, 2.05) is 0 Å². The number of aliphatic carboxylic acids is 1. The number of anilines is 1. The highest BCUT2D eigenvalue weighted by atomic mass is 16.4. The fourth-order valence-corrected chi connectivity index (χ4v) is 1.13. The van der Waals surface area contributed by atoms with E-state index in [9.17, 15) is 4.79 Å². The quantitative estimate of drug-likeness (QED) is 0.653. The van der Waals surface area contributed by atoms with Crippen LogP contribution in [0.3, 0.4) is 0 Å². The van der Waals surface area contributed by atoms with E-state index in [2.05, 4.69) is 27.5 Å². The Morgan fingerprint density at radius 1 is 1.47 bits per heavy atom. The molecule has 0 aromatic carbocycles. The number of rotatable bonds is 7. The Morgan fingerprint density at radius 3 is 2.65 bits per heavy atom. The second-order valence-electron chi connectivity index (χ2n) is 3.78. The first-order chi connectivity index (χ1) is 8.13. The van der Waals surface area contributed by atoms with Crippen LogP contribution in [0.4, 0.5) is 5.95 Å². The molecule has 1 aromatic rings. The van der Waals surface area contributed by atoms with Crippen molar-refractivity contribution in [2.75, 3.05) is 11.9 Å². The van der Waals surface area contributed by atoms with Crippen molar-refractivity contribution < 1.29 is 9.90 Å². The van der Waals surface area contributed by atoms with Crippen molar-refractivity contribution in [1.82, 2.24) is 15.3 Å². The molecule has 0 aliphatic carbocycles. The summed E-state index contributed by atoms with van der Waals surface area (Å²) in [6.07, 6.45) is 4.39. The molecule has 0 bridgehead atoms. The molecule has 6 heteroatoms. The monoisotopic (exact) mass is 238 g/mol. The highest BCUT2D eigenvalue weighted by Crippen LogP contribution is 2.00. The summed E-state index contributed by atoms with van der Waals surface area (Å²) >= 11 is 0. The molecule has 17 heavy (non-hydrogen) atoms. The van der Waals surface area contributed by atoms with Crippen LogP contribution in [-0.2, 0) is 11.3 Å². The molecule has 0 aliphatic heterocycles. The first-order valence-corrected chi connectivity index (χ1v) is 5.64. The third kappa shape index (κ3) is 4.78. The maximum absolute atomic E-state index is 10.6. The van der Waals surface area contributed by atoms with E-state index < -0.39 is 12.0 Å². The fraction of sp³-hybridized carbons (Fsp3) is 0.545. The predicted molar refractivity (Wildman–Crippen MR) is 64.8 cm³/mol. The average Bonchev–Trinajstić information content (AvgIpc) is 2.34. The van der Waals surface area contributed by atoms with Gasteiger partial charge in [0, 0.05) is 31.0 Å². The molecule has 1 aromatic heterocycles. The van der Waals surface area contributed by atoms with Gasteiger partial charge < -0.3 is 15.7 Å². The van der Waals surface area contributed by atoms with Gasteiger partial charge in [-0.3, -0.25) is 4.79 Å². The molecular formula is C11H18N4O2. The van der Waals surface area contributed by atoms with E-state index >= 15 is 0 Å². The number of hydrogen-bond acceptors (Lipinski definition) is 5. The smallest absolute Gasteiger partial charge is 0.320 e. The summed E-state index contributed by atoms with van der Waals surface area (Å²) in [6, 6.07) is -0.576. The van der Waals surface area contributed by atoms with Crippen molar-refractivity contribution in [1.29, 1.82) is 0 Å². The van der Waals surface area contributed by atoms with E-state index in [1.165, 1.54) is 0 Å². The molecule has 1 atom stereocenters. The molecule has 0 fully saturated rings. The number of aromatic nitrogens is 2. The summed E-state index contributed by atoms with van der Waals surface area (Å²) in [5.74, 6) is -0.269. The zero-order valence-electron chi connectivity index (χ0n) is 10.1. The Morgan fingerprint density at radius 2 is 2.12 bits per heavy atom. The molecule has 1 heterocycles. The van der Waals surface area contributed by atoms with Crippen LogP contribution in [0.5, 0.6) is 0 Å². The van der Waals surface area contributed by atoms with Crippen molar-refractivity contribution in [3.05, 3.63) is 18.0 Å². The minimum Gasteiger partial charge on any atom is -0.480 e. The van der Waals surface area contributed by atoms with E-state index in [0.29, 0.717) is 12.5 Å². The molecule has 3 N–H and O–H groups in total. The van der Waals surface area contributed by atoms with E-state index in [-0.39, 0.29) is 0 Å². The minimum absolute atomic E-state index is 0.446. The Hall–Kier alpha value is -1.69. The Labute approximate surface area is 100 Å². The molecule has 0 saturated heterocycles. The Bertz CT molecular complexity index is 353. The highest BCUT2D eigenvalue weighted by molar-refractivity contribution is 5.72. The van der Waals surface area contributed by atoms with Gasteiger partial charge in [0.15, 0.2) is 0 Å². The van der Waals surface area contributed by atoms with Crippen molar-refractivity contribution in [2.45, 2.75) is 32.9 Å². The lowest BCUT2D eigenvalue weighted by Gasteiger charge is -2.09. The number of carbonyl (C=O) groups is 1. The normalized spacial score (nSPS) is 12.1. The van der Waals surface area contributed by atoms with Crippen LogP contribution in [-0.4, -0.2) is 33.6 Å². The van der Waals surface area contributed by atoms with Crippen LogP contribution in [0.15, 0.2) is 12.4 Å². The van der Waals surface area contributed by atoms with Gasteiger partial charge in [-0.1, -0.05) is 6.92 Å². The Kier molecular flexibility index (Phi) is 5.35. The van der Waals surface area contributed by atoms with Crippen LogP contribution < -0.4 is 10.6 Å². The van der Waals surface area contributed by atoms with Gasteiger partial charge in [0.2, 0.25) is 5.95 Å². The molecule has 94 valence electrons. The summed E-state index contributed by atoms with van der Waals surface area (Å²) in [7, 11) is 0. The molecule has 6 nitrogen and oxygen atoms in total. The minimum atomic E-state index is -0.868. The maximum atomic E-state index is 10.6. The Balaban J connectivity index is 2.42. The maximum Gasteiger partial charge on any atom is 0.320 e. The second kappa shape index (κ2) is 6.80. The molecule has 0 amide bonds. The van der Waals surface area contributed by atoms with Crippen LogP contribution in [0.1, 0.15) is 25.8 Å². The molecule has 0 spiro atoms. The average molecular weight is 238 g/mol. The summed E-state index contributed by atoms with van der Waals surface area (Å²) in [6.45, 7) is 4.95. The van der Waals surface area contributed by atoms with Crippen LogP contribution in [0.25, 0.3) is 0 Å². The number of nitrogens with zero attached hydrogens (tertiary/aromatic N) is 2. The summed E-state index contributed by atoms with van der Waals surface area (Å²) in [5.41, 5.74) is 0.861. The van der Waals surface area contributed by atoms with Gasteiger partial charge in [0.1, 0.15) is 6.04 Å². The van der Waals surface area contributed by atoms with Crippen molar-refractivity contribution in [3.63, 3.8) is 0 Å². The van der Waals surface area contributed by atoms with Crippen LogP contribution in [0.2, 0.25) is 0 Å². The number of hydrogen-bond donors (Lipinski definition) is 3. The number of carboxylic acids is 1. The van der Waals surface area contributed by atoms with E-state index in [1.54, 1.807) is 19.3 Å². The molecule has 0 aliphatic rings. The van der Waals surface area contributed by atoms with E-state index in [0.717, 1.165) is 18.5 Å². The SMILES string of the molecule is CCCNc1ncc(CN[C@H](C)C(=O)O)cn1. The fourth-order valence-electron chi connectivity index (χ4n) is 1.13. The summed E-state index contributed by atoms with van der Waals surface area (Å²) in [5, 5.41) is 14.6. The third-order valence-electron chi connectivity index (χ3n) is 2.22. The molecule has 0 radical (unpaired) electrons. The predicted octanol–water partition coefficient (Wildman–Crippen LogP) is 0.861. The molecule has 0 unspecified atom stereocenters. The third-order valence-corrected chi connectivity index (χ3v) is 2.22. The van der Waals surface area contributed by atoms with E-state index in [4.69, 9.17) is 5.11 Å². The van der Waals surface area contributed by atoms with Crippen LogP contribution in [0, 0.1) is 0 Å². The largest absolute Gasteiger partial charge is 0.480 e. The zero-order valence-corrected chi connectivity index (χ0v) is 10.1. The number of nitrogens with one attached hydrogen (secondary N) is 2. The molecule has 0 saturated carbocycles. The van der Waals surface area contributed by atoms with Gasteiger partial charge in [-0.25, -0.2) is 9.97 Å². The van der Waals surface area contributed by atoms with Crippen molar-refractivity contribution in [3.8, 4) is 0 Å². The van der Waals surface area contributed by atoms with Gasteiger partial charge in [0.05, 0.1) is 0 Å². The van der Waals surface area contributed by atoms with Gasteiger partial charge in [0.25, 0.3) is 0 Å². The van der Waals surface area contributed by atoms with Crippen molar-refractivity contribution in [2.24, 2.45) is 0 Å². The lowest BCUT2D eigenvalue weighted by Crippen LogP contribution is -2.33. The molecular weight excluding hydrogens is 220 g/mol.